The second kappa shape index (κ2) is 3.49. The smallest absolute Gasteiger partial charge is 0.112 e. The second-order valence-corrected chi connectivity index (χ2v) is 7.91. The van der Waals surface area contributed by atoms with Crippen LogP contribution in [0.15, 0.2) is 0 Å². The van der Waals surface area contributed by atoms with Gasteiger partial charge in [0.05, 0.1) is 5.69 Å². The lowest BCUT2D eigenvalue weighted by Crippen LogP contribution is -2.25. The van der Waals surface area contributed by atoms with Gasteiger partial charge >= 0.3 is 0 Å². The average molecular weight is 269 g/mol. The van der Waals surface area contributed by atoms with Gasteiger partial charge in [-0.3, -0.25) is 0 Å². The third-order valence-electron chi connectivity index (χ3n) is 6.89. The van der Waals surface area contributed by atoms with Crippen LogP contribution in [0.3, 0.4) is 0 Å². The third kappa shape index (κ3) is 1.24. The van der Waals surface area contributed by atoms with E-state index in [1.54, 1.807) is 12.1 Å². The van der Waals surface area contributed by atoms with Crippen LogP contribution in [0, 0.1) is 23.7 Å². The quantitative estimate of drug-likeness (QED) is 0.894. The standard InChI is InChI=1S/C17H23N3/c1-2-9(1)17-19-12-8-18-6-5-13(12)20(17)16-14-10-3-4-11(7-10)15(14)16/h9-11,14-16,18H,1-8H2. The summed E-state index contributed by atoms with van der Waals surface area (Å²) in [5, 5.41) is 3.50. The first-order valence-corrected chi connectivity index (χ1v) is 8.72. The summed E-state index contributed by atoms with van der Waals surface area (Å²) >= 11 is 0. The summed E-state index contributed by atoms with van der Waals surface area (Å²) in [4.78, 5) is 5.07. The minimum absolute atomic E-state index is 0.805. The molecular weight excluding hydrogens is 246 g/mol. The highest BCUT2D eigenvalue weighted by molar-refractivity contribution is 5.29. The molecule has 0 radical (unpaired) electrons. The lowest BCUT2D eigenvalue weighted by Gasteiger charge is -2.19. The lowest BCUT2D eigenvalue weighted by atomic mass is 10.0. The normalized spacial score (nSPS) is 44.5. The predicted molar refractivity (Wildman–Crippen MR) is 76.5 cm³/mol. The minimum Gasteiger partial charge on any atom is -0.328 e. The van der Waals surface area contributed by atoms with E-state index < -0.39 is 0 Å². The second-order valence-electron chi connectivity index (χ2n) is 7.91. The third-order valence-corrected chi connectivity index (χ3v) is 6.89. The van der Waals surface area contributed by atoms with Gasteiger partial charge in [0.25, 0.3) is 0 Å². The van der Waals surface area contributed by atoms with E-state index in [-0.39, 0.29) is 0 Å². The van der Waals surface area contributed by atoms with Crippen molar-refractivity contribution >= 4 is 0 Å². The van der Waals surface area contributed by atoms with Gasteiger partial charge in [-0.05, 0) is 55.8 Å². The van der Waals surface area contributed by atoms with Crippen molar-refractivity contribution in [2.75, 3.05) is 6.54 Å². The fraction of sp³-hybridized carbons (Fsp3) is 0.824. The van der Waals surface area contributed by atoms with Gasteiger partial charge in [-0.15, -0.1) is 0 Å². The van der Waals surface area contributed by atoms with E-state index in [0.717, 1.165) is 48.7 Å². The highest BCUT2D eigenvalue weighted by Gasteiger charge is 2.66. The highest BCUT2D eigenvalue weighted by Crippen LogP contribution is 2.72. The summed E-state index contributed by atoms with van der Waals surface area (Å²) in [5.41, 5.74) is 3.00. The fourth-order valence-electron chi connectivity index (χ4n) is 5.94. The first-order valence-electron chi connectivity index (χ1n) is 8.72. The van der Waals surface area contributed by atoms with Gasteiger partial charge in [0.15, 0.2) is 0 Å². The van der Waals surface area contributed by atoms with Crippen molar-refractivity contribution in [3.63, 3.8) is 0 Å². The molecule has 1 aromatic rings. The maximum Gasteiger partial charge on any atom is 0.112 e. The molecule has 5 aliphatic rings. The Morgan fingerprint density at radius 2 is 1.85 bits per heavy atom. The first kappa shape index (κ1) is 10.8. The Hall–Kier alpha value is -0.830. The van der Waals surface area contributed by atoms with E-state index in [1.807, 2.05) is 0 Å². The molecule has 3 heteroatoms. The van der Waals surface area contributed by atoms with Gasteiger partial charge in [-0.1, -0.05) is 0 Å². The largest absolute Gasteiger partial charge is 0.328 e. The van der Waals surface area contributed by atoms with Gasteiger partial charge in [0, 0.05) is 37.2 Å². The molecule has 1 aromatic heterocycles. The number of fused-ring (bicyclic) bond motifs is 6. The molecule has 6 rings (SSSR count). The summed E-state index contributed by atoms with van der Waals surface area (Å²) in [6, 6.07) is 0.867. The lowest BCUT2D eigenvalue weighted by molar-refractivity contribution is 0.435. The van der Waals surface area contributed by atoms with Crippen LogP contribution in [0.25, 0.3) is 0 Å². The van der Waals surface area contributed by atoms with E-state index in [9.17, 15) is 0 Å². The molecule has 4 fully saturated rings. The number of imidazole rings is 1. The fourth-order valence-corrected chi connectivity index (χ4v) is 5.94. The van der Waals surface area contributed by atoms with E-state index >= 15 is 0 Å². The van der Waals surface area contributed by atoms with Crippen molar-refractivity contribution < 1.29 is 0 Å². The van der Waals surface area contributed by atoms with Gasteiger partial charge in [-0.2, -0.15) is 0 Å². The van der Waals surface area contributed by atoms with Crippen molar-refractivity contribution in [1.29, 1.82) is 0 Å². The molecule has 4 aliphatic carbocycles. The van der Waals surface area contributed by atoms with E-state index in [2.05, 4.69) is 9.88 Å². The number of rotatable bonds is 2. The molecule has 4 atom stereocenters. The Bertz CT molecular complexity index is 569. The van der Waals surface area contributed by atoms with Crippen molar-refractivity contribution in [1.82, 2.24) is 14.9 Å². The van der Waals surface area contributed by atoms with Crippen molar-refractivity contribution in [3.05, 3.63) is 17.2 Å². The maximum atomic E-state index is 5.07. The van der Waals surface area contributed by atoms with E-state index in [0.29, 0.717) is 0 Å². The molecular formula is C17H23N3. The van der Waals surface area contributed by atoms with Crippen molar-refractivity contribution in [3.8, 4) is 0 Å². The molecule has 20 heavy (non-hydrogen) atoms. The summed E-state index contributed by atoms with van der Waals surface area (Å²) in [7, 11) is 0. The van der Waals surface area contributed by atoms with Gasteiger partial charge in [0.1, 0.15) is 5.82 Å². The minimum atomic E-state index is 0.805. The zero-order chi connectivity index (χ0) is 12.8. The Morgan fingerprint density at radius 1 is 1.05 bits per heavy atom. The van der Waals surface area contributed by atoms with Crippen LogP contribution in [0.1, 0.15) is 61.3 Å². The number of hydrogen-bond acceptors (Lipinski definition) is 2. The molecule has 0 saturated heterocycles. The number of nitrogens with zero attached hydrogens (tertiary/aromatic N) is 2. The van der Waals surface area contributed by atoms with Crippen LogP contribution in [0.2, 0.25) is 0 Å². The SMILES string of the molecule is C1Cc2c(nc(C3CC3)n2C2C3C4CCC(C4)C32)CN1. The monoisotopic (exact) mass is 269 g/mol. The Balaban J connectivity index is 1.46. The number of nitrogens with one attached hydrogen (secondary N) is 1. The number of aromatic nitrogens is 2. The molecule has 0 spiro atoms. The van der Waals surface area contributed by atoms with Crippen LogP contribution in [0.4, 0.5) is 0 Å². The van der Waals surface area contributed by atoms with Crippen LogP contribution >= 0.6 is 0 Å². The van der Waals surface area contributed by atoms with Crippen molar-refractivity contribution in [2.45, 2.75) is 57.0 Å². The van der Waals surface area contributed by atoms with Crippen LogP contribution in [-0.2, 0) is 13.0 Å². The average Bonchev–Trinajstić information content (AvgIpc) is 3.35. The van der Waals surface area contributed by atoms with Crippen LogP contribution < -0.4 is 5.32 Å². The van der Waals surface area contributed by atoms with E-state index in [1.165, 1.54) is 43.6 Å². The molecule has 0 aromatic carbocycles. The molecule has 106 valence electrons. The van der Waals surface area contributed by atoms with Gasteiger partial charge in [-0.25, -0.2) is 4.98 Å². The number of hydrogen-bond donors (Lipinski definition) is 1. The van der Waals surface area contributed by atoms with Gasteiger partial charge < -0.3 is 9.88 Å². The molecule has 1 aliphatic heterocycles. The van der Waals surface area contributed by atoms with Crippen LogP contribution in [0.5, 0.6) is 0 Å². The topological polar surface area (TPSA) is 29.9 Å². The summed E-state index contributed by atoms with van der Waals surface area (Å²) < 4.78 is 2.79. The Labute approximate surface area is 120 Å². The molecule has 2 heterocycles. The highest BCUT2D eigenvalue weighted by atomic mass is 15.2. The molecule has 4 saturated carbocycles. The zero-order valence-corrected chi connectivity index (χ0v) is 12.0. The molecule has 0 amide bonds. The molecule has 2 bridgehead atoms. The van der Waals surface area contributed by atoms with Crippen molar-refractivity contribution in [2.24, 2.45) is 23.7 Å². The first-order chi connectivity index (χ1) is 9.92. The van der Waals surface area contributed by atoms with Crippen LogP contribution in [-0.4, -0.2) is 16.1 Å². The molecule has 1 N–H and O–H groups in total. The molecule has 4 unspecified atom stereocenters. The van der Waals surface area contributed by atoms with E-state index in [4.69, 9.17) is 4.98 Å². The summed E-state index contributed by atoms with van der Waals surface area (Å²) in [6.45, 7) is 2.16. The van der Waals surface area contributed by atoms with Gasteiger partial charge in [0.2, 0.25) is 0 Å². The Morgan fingerprint density at radius 3 is 2.60 bits per heavy atom. The predicted octanol–water partition coefficient (Wildman–Crippen LogP) is 2.62. The zero-order valence-electron chi connectivity index (χ0n) is 12.0. The summed E-state index contributed by atoms with van der Waals surface area (Å²) in [6.07, 6.45) is 8.60. The summed E-state index contributed by atoms with van der Waals surface area (Å²) in [5.74, 6) is 6.51. The maximum absolute atomic E-state index is 5.07. The Kier molecular flexibility index (Phi) is 1.89. The molecule has 3 nitrogen and oxygen atoms in total.